The van der Waals surface area contributed by atoms with Gasteiger partial charge in [-0.3, -0.25) is 10.1 Å². The Bertz CT molecular complexity index is 718. The second-order valence-corrected chi connectivity index (χ2v) is 6.26. The van der Waals surface area contributed by atoms with Gasteiger partial charge in [0.15, 0.2) is 0 Å². The summed E-state index contributed by atoms with van der Waals surface area (Å²) in [6, 6.07) is 2.10. The Balaban J connectivity index is 2.11. The van der Waals surface area contributed by atoms with Crippen molar-refractivity contribution in [2.45, 2.75) is 26.3 Å². The van der Waals surface area contributed by atoms with Crippen LogP contribution in [0.3, 0.4) is 0 Å². The minimum absolute atomic E-state index is 0.0315. The Morgan fingerprint density at radius 3 is 3.00 bits per heavy atom. The second-order valence-electron chi connectivity index (χ2n) is 4.93. The van der Waals surface area contributed by atoms with E-state index in [-0.39, 0.29) is 17.0 Å². The van der Waals surface area contributed by atoms with Crippen LogP contribution < -0.4 is 4.90 Å². The van der Waals surface area contributed by atoms with E-state index < -0.39 is 4.92 Å². The van der Waals surface area contributed by atoms with Crippen LogP contribution >= 0.6 is 22.9 Å². The van der Waals surface area contributed by atoms with E-state index in [1.165, 1.54) is 10.4 Å². The first-order valence-electron chi connectivity index (χ1n) is 6.50. The van der Waals surface area contributed by atoms with Crippen LogP contribution in [-0.2, 0) is 6.42 Å². The Kier molecular flexibility index (Phi) is 3.54. The zero-order valence-electron chi connectivity index (χ0n) is 11.5. The summed E-state index contributed by atoms with van der Waals surface area (Å²) in [5, 5.41) is 13.4. The Morgan fingerprint density at radius 1 is 1.52 bits per heavy atom. The van der Waals surface area contributed by atoms with E-state index in [4.69, 9.17) is 11.6 Å². The van der Waals surface area contributed by atoms with Gasteiger partial charge in [0.1, 0.15) is 5.69 Å². The fourth-order valence-corrected chi connectivity index (χ4v) is 3.90. The lowest BCUT2D eigenvalue weighted by atomic mass is 10.0. The van der Waals surface area contributed by atoms with E-state index in [0.29, 0.717) is 18.1 Å². The molecule has 1 unspecified atom stereocenters. The normalized spacial score (nSPS) is 17.7. The summed E-state index contributed by atoms with van der Waals surface area (Å²) in [7, 11) is 0. The number of halogens is 1. The third-order valence-electron chi connectivity index (χ3n) is 3.74. The van der Waals surface area contributed by atoms with Crippen LogP contribution in [0.4, 0.5) is 11.5 Å². The molecule has 0 radical (unpaired) electrons. The summed E-state index contributed by atoms with van der Waals surface area (Å²) in [5.74, 6) is 0.307. The van der Waals surface area contributed by atoms with Gasteiger partial charge in [0.05, 0.1) is 11.0 Å². The van der Waals surface area contributed by atoms with E-state index in [0.717, 1.165) is 6.42 Å². The van der Waals surface area contributed by atoms with E-state index >= 15 is 0 Å². The fraction of sp³-hybridized carbons (Fsp3) is 0.385. The van der Waals surface area contributed by atoms with Gasteiger partial charge in [-0.15, -0.1) is 11.3 Å². The van der Waals surface area contributed by atoms with Crippen LogP contribution in [0, 0.1) is 17.0 Å². The molecule has 2 aromatic heterocycles. The van der Waals surface area contributed by atoms with Gasteiger partial charge in [-0.1, -0.05) is 0 Å². The molecule has 0 saturated carbocycles. The number of aryl methyl sites for hydroxylation is 1. The molecule has 0 N–H and O–H groups in total. The molecule has 0 aromatic carbocycles. The highest BCUT2D eigenvalue weighted by Gasteiger charge is 2.32. The van der Waals surface area contributed by atoms with Crippen molar-refractivity contribution in [3.63, 3.8) is 0 Å². The highest BCUT2D eigenvalue weighted by molar-refractivity contribution is 7.10. The van der Waals surface area contributed by atoms with Crippen molar-refractivity contribution in [1.29, 1.82) is 0 Å². The molecule has 2 aromatic rings. The number of nitro groups is 1. The van der Waals surface area contributed by atoms with E-state index in [2.05, 4.69) is 21.4 Å². The predicted octanol–water partition coefficient (Wildman–Crippen LogP) is 3.53. The molecule has 1 aliphatic rings. The maximum atomic E-state index is 11.4. The second kappa shape index (κ2) is 5.23. The van der Waals surface area contributed by atoms with Gasteiger partial charge in [0, 0.05) is 11.4 Å². The molecule has 0 amide bonds. The summed E-state index contributed by atoms with van der Waals surface area (Å²) in [4.78, 5) is 22.2. The molecule has 21 heavy (non-hydrogen) atoms. The van der Waals surface area contributed by atoms with Crippen molar-refractivity contribution in [2.75, 3.05) is 11.4 Å². The molecule has 0 bridgehead atoms. The quantitative estimate of drug-likeness (QED) is 0.480. The SMILES string of the molecule is Cc1nc(Cl)nc(N2CCc3sccc3C2C)c1[N+](=O)[O-]. The Labute approximate surface area is 130 Å². The summed E-state index contributed by atoms with van der Waals surface area (Å²) in [6.45, 7) is 4.29. The van der Waals surface area contributed by atoms with Crippen molar-refractivity contribution in [3.8, 4) is 0 Å². The Morgan fingerprint density at radius 2 is 2.29 bits per heavy atom. The number of aromatic nitrogens is 2. The van der Waals surface area contributed by atoms with Gasteiger partial charge in [0.25, 0.3) is 0 Å². The van der Waals surface area contributed by atoms with Crippen molar-refractivity contribution in [3.05, 3.63) is 43.0 Å². The van der Waals surface area contributed by atoms with E-state index in [9.17, 15) is 10.1 Å². The van der Waals surface area contributed by atoms with Crippen molar-refractivity contribution in [2.24, 2.45) is 0 Å². The summed E-state index contributed by atoms with van der Waals surface area (Å²) < 4.78 is 0. The monoisotopic (exact) mass is 324 g/mol. The van der Waals surface area contributed by atoms with Gasteiger partial charge in [0.2, 0.25) is 11.1 Å². The summed E-state index contributed by atoms with van der Waals surface area (Å²) in [5.41, 5.74) is 1.43. The minimum Gasteiger partial charge on any atom is -0.344 e. The molecule has 3 heterocycles. The fourth-order valence-electron chi connectivity index (χ4n) is 2.73. The number of anilines is 1. The first-order chi connectivity index (χ1) is 9.99. The van der Waals surface area contributed by atoms with Crippen molar-refractivity contribution >= 4 is 34.4 Å². The molecular formula is C13H13ClN4O2S. The number of thiophene rings is 1. The Hall–Kier alpha value is -1.73. The van der Waals surface area contributed by atoms with Crippen LogP contribution in [0.1, 0.15) is 29.1 Å². The summed E-state index contributed by atoms with van der Waals surface area (Å²) in [6.07, 6.45) is 0.856. The predicted molar refractivity (Wildman–Crippen MR) is 82.2 cm³/mol. The number of nitrogens with zero attached hydrogens (tertiary/aromatic N) is 4. The average Bonchev–Trinajstić information content (AvgIpc) is 2.86. The van der Waals surface area contributed by atoms with Gasteiger partial charge in [-0.2, -0.15) is 4.98 Å². The van der Waals surface area contributed by atoms with E-state index in [1.807, 2.05) is 11.8 Å². The number of hydrogen-bond acceptors (Lipinski definition) is 6. The largest absolute Gasteiger partial charge is 0.344 e. The molecule has 1 aliphatic heterocycles. The first kappa shape index (κ1) is 14.2. The molecule has 0 saturated heterocycles. The molecule has 110 valence electrons. The lowest BCUT2D eigenvalue weighted by Gasteiger charge is -2.34. The molecular weight excluding hydrogens is 312 g/mol. The average molecular weight is 325 g/mol. The zero-order chi connectivity index (χ0) is 15.1. The molecule has 0 fully saturated rings. The summed E-state index contributed by atoms with van der Waals surface area (Å²) >= 11 is 7.63. The maximum absolute atomic E-state index is 11.4. The lowest BCUT2D eigenvalue weighted by Crippen LogP contribution is -2.34. The van der Waals surface area contributed by atoms with Crippen molar-refractivity contribution in [1.82, 2.24) is 9.97 Å². The smallest absolute Gasteiger partial charge is 0.332 e. The van der Waals surface area contributed by atoms with Crippen LogP contribution in [-0.4, -0.2) is 21.4 Å². The molecule has 3 rings (SSSR count). The first-order valence-corrected chi connectivity index (χ1v) is 7.76. The molecule has 0 aliphatic carbocycles. The molecule has 8 heteroatoms. The van der Waals surface area contributed by atoms with Gasteiger partial charge < -0.3 is 4.90 Å². The highest BCUT2D eigenvalue weighted by atomic mass is 35.5. The van der Waals surface area contributed by atoms with Crippen LogP contribution in [0.2, 0.25) is 5.28 Å². The van der Waals surface area contributed by atoms with Gasteiger partial charge in [-0.25, -0.2) is 4.98 Å². The molecule has 0 spiro atoms. The van der Waals surface area contributed by atoms with Gasteiger partial charge >= 0.3 is 5.69 Å². The van der Waals surface area contributed by atoms with Crippen LogP contribution in [0.5, 0.6) is 0 Å². The zero-order valence-corrected chi connectivity index (χ0v) is 13.1. The third kappa shape index (κ3) is 2.36. The number of rotatable bonds is 2. The standard InChI is InChI=1S/C13H13ClN4O2S/c1-7-11(18(19)20)12(16-13(14)15-7)17-5-3-10-9(8(17)2)4-6-21-10/h4,6,8H,3,5H2,1-2H3. The molecule has 6 nitrogen and oxygen atoms in total. The number of fused-ring (bicyclic) bond motifs is 1. The van der Waals surface area contributed by atoms with Gasteiger partial charge in [-0.05, 0) is 48.9 Å². The highest BCUT2D eigenvalue weighted by Crippen LogP contribution is 2.39. The number of hydrogen-bond donors (Lipinski definition) is 0. The third-order valence-corrected chi connectivity index (χ3v) is 4.91. The maximum Gasteiger partial charge on any atom is 0.332 e. The van der Waals surface area contributed by atoms with Crippen molar-refractivity contribution < 1.29 is 4.92 Å². The van der Waals surface area contributed by atoms with Crippen LogP contribution in [0.15, 0.2) is 11.4 Å². The lowest BCUT2D eigenvalue weighted by molar-refractivity contribution is -0.385. The van der Waals surface area contributed by atoms with Crippen LogP contribution in [0.25, 0.3) is 0 Å². The topological polar surface area (TPSA) is 72.2 Å². The molecule has 1 atom stereocenters. The minimum atomic E-state index is -0.434. The van der Waals surface area contributed by atoms with E-state index in [1.54, 1.807) is 18.3 Å².